The third kappa shape index (κ3) is 3.82. The van der Waals surface area contributed by atoms with Crippen LogP contribution >= 0.6 is 0 Å². The fraction of sp³-hybridized carbons (Fsp3) is 0.368. The maximum Gasteiger partial charge on any atom is 0.416 e. The van der Waals surface area contributed by atoms with Crippen molar-refractivity contribution in [1.29, 1.82) is 0 Å². The molecule has 0 unspecified atom stereocenters. The van der Waals surface area contributed by atoms with Crippen molar-refractivity contribution in [3.8, 4) is 0 Å². The first-order chi connectivity index (χ1) is 12.5. The average Bonchev–Trinajstić information content (AvgIpc) is 3.15. The van der Waals surface area contributed by atoms with Crippen molar-refractivity contribution in [2.45, 2.75) is 36.8 Å². The second-order valence-electron chi connectivity index (χ2n) is 6.57. The molecule has 3 rings (SSSR count). The Bertz CT molecular complexity index is 716. The molecular weight excluding hydrogens is 372 g/mol. The molecule has 1 saturated heterocycles. The Morgan fingerprint density at radius 1 is 0.704 bits per heavy atom. The molecule has 146 valence electrons. The second-order valence-corrected chi connectivity index (χ2v) is 6.57. The monoisotopic (exact) mass is 389 g/mol. The van der Waals surface area contributed by atoms with Gasteiger partial charge in [0.15, 0.2) is 0 Å². The Labute approximate surface area is 151 Å². The van der Waals surface area contributed by atoms with Crippen molar-refractivity contribution < 1.29 is 31.4 Å². The van der Waals surface area contributed by atoms with Crippen molar-refractivity contribution in [1.82, 2.24) is 5.32 Å². The molecule has 0 bridgehead atoms. The Morgan fingerprint density at radius 2 is 1.07 bits per heavy atom. The standard InChI is InChI=1S/C19H17F6NO/c20-18(21,22)14-7-3-12(4-8-14)17(27,16-2-1-11-26-16)13-5-9-15(10-6-13)19(23,24)25/h3-10,16,26-27H,1-2,11H2/t16-/m1/s1. The SMILES string of the molecule is OC(c1ccc(C(F)(F)F)cc1)(c1ccc(C(F)(F)F)cc1)[C@H]1CCCN1. The van der Waals surface area contributed by atoms with Crippen molar-refractivity contribution in [3.05, 3.63) is 70.8 Å². The van der Waals surface area contributed by atoms with Gasteiger partial charge in [-0.05, 0) is 54.8 Å². The van der Waals surface area contributed by atoms with E-state index in [0.29, 0.717) is 13.0 Å². The van der Waals surface area contributed by atoms with Crippen LogP contribution in [0.2, 0.25) is 0 Å². The van der Waals surface area contributed by atoms with Gasteiger partial charge in [0, 0.05) is 6.04 Å². The lowest BCUT2D eigenvalue weighted by molar-refractivity contribution is -0.138. The smallest absolute Gasteiger partial charge is 0.379 e. The lowest BCUT2D eigenvalue weighted by atomic mass is 9.79. The molecule has 0 radical (unpaired) electrons. The molecule has 1 atom stereocenters. The molecule has 2 nitrogen and oxygen atoms in total. The summed E-state index contributed by atoms with van der Waals surface area (Å²) in [7, 11) is 0. The van der Waals surface area contributed by atoms with Gasteiger partial charge >= 0.3 is 12.4 Å². The molecule has 27 heavy (non-hydrogen) atoms. The summed E-state index contributed by atoms with van der Waals surface area (Å²) in [6.07, 6.45) is -7.75. The van der Waals surface area contributed by atoms with Crippen LogP contribution in [0.3, 0.4) is 0 Å². The summed E-state index contributed by atoms with van der Waals surface area (Å²) in [6.45, 7) is 0.605. The molecule has 0 amide bonds. The molecule has 2 aromatic rings. The molecule has 0 saturated carbocycles. The van der Waals surface area contributed by atoms with Crippen LogP contribution in [-0.2, 0) is 18.0 Å². The van der Waals surface area contributed by atoms with Gasteiger partial charge in [0.1, 0.15) is 5.60 Å². The Morgan fingerprint density at radius 3 is 1.37 bits per heavy atom. The summed E-state index contributed by atoms with van der Waals surface area (Å²) >= 11 is 0. The van der Waals surface area contributed by atoms with Crippen LogP contribution in [0.1, 0.15) is 35.1 Å². The zero-order chi connectivity index (χ0) is 19.9. The van der Waals surface area contributed by atoms with E-state index in [2.05, 4.69) is 5.32 Å². The predicted octanol–water partition coefficient (Wildman–Crippen LogP) is 4.71. The number of nitrogens with one attached hydrogen (secondary N) is 1. The van der Waals surface area contributed by atoms with E-state index in [1.54, 1.807) is 0 Å². The van der Waals surface area contributed by atoms with Gasteiger partial charge in [-0.3, -0.25) is 0 Å². The van der Waals surface area contributed by atoms with E-state index < -0.39 is 35.1 Å². The van der Waals surface area contributed by atoms with Gasteiger partial charge in [-0.2, -0.15) is 26.3 Å². The zero-order valence-electron chi connectivity index (χ0n) is 14.0. The van der Waals surface area contributed by atoms with Crippen molar-refractivity contribution in [3.63, 3.8) is 0 Å². The lowest BCUT2D eigenvalue weighted by Crippen LogP contribution is -2.46. The highest BCUT2D eigenvalue weighted by atomic mass is 19.4. The van der Waals surface area contributed by atoms with Gasteiger partial charge in [-0.1, -0.05) is 24.3 Å². The van der Waals surface area contributed by atoms with Crippen molar-refractivity contribution in [2.75, 3.05) is 6.54 Å². The first-order valence-electron chi connectivity index (χ1n) is 8.34. The quantitative estimate of drug-likeness (QED) is 0.745. The molecule has 0 spiro atoms. The number of halogens is 6. The van der Waals surface area contributed by atoms with Gasteiger partial charge in [0.05, 0.1) is 11.1 Å². The Hall–Kier alpha value is -2.06. The molecule has 1 heterocycles. The summed E-state index contributed by atoms with van der Waals surface area (Å²) < 4.78 is 76.9. The molecule has 1 aliphatic heterocycles. The highest BCUT2D eigenvalue weighted by molar-refractivity contribution is 5.41. The fourth-order valence-electron chi connectivity index (χ4n) is 3.44. The summed E-state index contributed by atoms with van der Waals surface area (Å²) in [6, 6.07) is 7.59. The average molecular weight is 389 g/mol. The Balaban J connectivity index is 2.05. The molecule has 1 fully saturated rings. The van der Waals surface area contributed by atoms with E-state index >= 15 is 0 Å². The summed E-state index contributed by atoms with van der Waals surface area (Å²) in [5.41, 5.74) is -3.09. The molecule has 0 aromatic heterocycles. The predicted molar refractivity (Wildman–Crippen MR) is 86.9 cm³/mol. The first kappa shape index (κ1) is 19.7. The van der Waals surface area contributed by atoms with E-state index in [1.165, 1.54) is 24.3 Å². The van der Waals surface area contributed by atoms with Gasteiger partial charge < -0.3 is 10.4 Å². The molecule has 2 aromatic carbocycles. The third-order valence-corrected chi connectivity index (χ3v) is 4.87. The van der Waals surface area contributed by atoms with E-state index in [-0.39, 0.29) is 11.1 Å². The van der Waals surface area contributed by atoms with E-state index in [0.717, 1.165) is 30.7 Å². The minimum atomic E-state index is -4.52. The van der Waals surface area contributed by atoms with Crippen LogP contribution in [0.15, 0.2) is 48.5 Å². The minimum Gasteiger partial charge on any atom is -0.379 e. The molecule has 2 N–H and O–H groups in total. The largest absolute Gasteiger partial charge is 0.416 e. The van der Waals surface area contributed by atoms with Crippen LogP contribution in [-0.4, -0.2) is 17.7 Å². The summed E-state index contributed by atoms with van der Waals surface area (Å²) in [4.78, 5) is 0. The van der Waals surface area contributed by atoms with Crippen LogP contribution in [0.5, 0.6) is 0 Å². The summed E-state index contributed by atoms with van der Waals surface area (Å²) in [5.74, 6) is 0. The van der Waals surface area contributed by atoms with Gasteiger partial charge in [0.25, 0.3) is 0 Å². The molecule has 8 heteroatoms. The molecule has 0 aliphatic carbocycles. The van der Waals surface area contributed by atoms with Crippen LogP contribution in [0.25, 0.3) is 0 Å². The van der Waals surface area contributed by atoms with Crippen molar-refractivity contribution >= 4 is 0 Å². The molecule has 1 aliphatic rings. The second kappa shape index (κ2) is 6.83. The maximum atomic E-state index is 12.8. The van der Waals surface area contributed by atoms with Crippen LogP contribution in [0.4, 0.5) is 26.3 Å². The van der Waals surface area contributed by atoms with Gasteiger partial charge in [0.2, 0.25) is 0 Å². The van der Waals surface area contributed by atoms with Gasteiger partial charge in [-0.15, -0.1) is 0 Å². The third-order valence-electron chi connectivity index (χ3n) is 4.87. The number of rotatable bonds is 3. The van der Waals surface area contributed by atoms with E-state index in [9.17, 15) is 31.4 Å². The number of hydrogen-bond donors (Lipinski definition) is 2. The van der Waals surface area contributed by atoms with Crippen LogP contribution < -0.4 is 5.32 Å². The lowest BCUT2D eigenvalue weighted by Gasteiger charge is -2.35. The Kier molecular flexibility index (Phi) is 4.98. The van der Waals surface area contributed by atoms with Crippen LogP contribution in [0, 0.1) is 0 Å². The topological polar surface area (TPSA) is 32.3 Å². The maximum absolute atomic E-state index is 12.8. The number of hydrogen-bond acceptors (Lipinski definition) is 2. The van der Waals surface area contributed by atoms with E-state index in [1.807, 2.05) is 0 Å². The molecular formula is C19H17F6NO. The van der Waals surface area contributed by atoms with Crippen molar-refractivity contribution in [2.24, 2.45) is 0 Å². The first-order valence-corrected chi connectivity index (χ1v) is 8.34. The number of alkyl halides is 6. The minimum absolute atomic E-state index is 0.189. The highest BCUT2D eigenvalue weighted by Gasteiger charge is 2.42. The van der Waals surface area contributed by atoms with E-state index in [4.69, 9.17) is 0 Å². The highest BCUT2D eigenvalue weighted by Crippen LogP contribution is 2.39. The fourth-order valence-corrected chi connectivity index (χ4v) is 3.44. The van der Waals surface area contributed by atoms with Gasteiger partial charge in [-0.25, -0.2) is 0 Å². The number of benzene rings is 2. The zero-order valence-corrected chi connectivity index (χ0v) is 14.0. The summed E-state index contributed by atoms with van der Waals surface area (Å²) in [5, 5.41) is 14.5. The number of aliphatic hydroxyl groups is 1. The normalized spacial score (nSPS) is 18.7.